The molecule has 0 aromatic heterocycles. The summed E-state index contributed by atoms with van der Waals surface area (Å²) < 4.78 is 40.8. The van der Waals surface area contributed by atoms with Gasteiger partial charge in [-0.25, -0.2) is 4.18 Å². The van der Waals surface area contributed by atoms with E-state index in [1.54, 1.807) is 7.11 Å². The summed E-state index contributed by atoms with van der Waals surface area (Å²) in [5, 5.41) is 18.5. The van der Waals surface area contributed by atoms with Gasteiger partial charge in [-0.15, -0.1) is 0 Å². The lowest BCUT2D eigenvalue weighted by Crippen LogP contribution is -2.49. The van der Waals surface area contributed by atoms with E-state index in [4.69, 9.17) is 9.29 Å². The Morgan fingerprint density at radius 3 is 1.56 bits per heavy atom. The third-order valence-electron chi connectivity index (χ3n) is 5.12. The number of unbranched alkanes of at least 4 members (excludes halogenated alkanes) is 3. The number of aliphatic hydroxyl groups is 2. The third-order valence-corrected chi connectivity index (χ3v) is 5.59. The normalized spacial score (nSPS) is 16.8. The molecule has 9 nitrogen and oxygen atoms in total. The highest BCUT2D eigenvalue weighted by atomic mass is 32.3. The Hall–Kier alpha value is -0.330. The van der Waals surface area contributed by atoms with Crippen LogP contribution in [0.5, 0.6) is 0 Å². The molecule has 0 radical (unpaired) electrons. The molecular weight excluding hydrogens is 376 g/mol. The van der Waals surface area contributed by atoms with Crippen molar-refractivity contribution < 1.29 is 41.1 Å². The lowest BCUT2D eigenvalue weighted by molar-refractivity contribution is -0.910. The Balaban J connectivity index is 4.18. The molecule has 0 aliphatic heterocycles. The molecule has 0 spiro atoms. The summed E-state index contributed by atoms with van der Waals surface area (Å²) in [6.45, 7) is 5.09. The number of hydrogen-bond donors (Lipinski definition) is 3. The van der Waals surface area contributed by atoms with E-state index < -0.39 is 10.4 Å². The van der Waals surface area contributed by atoms with E-state index >= 15 is 0 Å². The molecule has 0 aliphatic rings. The molecular formula is C17H40N2O7S+2. The summed E-state index contributed by atoms with van der Waals surface area (Å²) in [4.78, 5) is 0. The number of likely N-dealkylation sites (N-methyl/N-ethyl adjacent to an activating group) is 2. The smallest absolute Gasteiger partial charge is 0.391 e. The first-order chi connectivity index (χ1) is 12.6. The molecule has 2 atom stereocenters. The van der Waals surface area contributed by atoms with E-state index in [1.165, 1.54) is 0 Å². The second-order valence-electron chi connectivity index (χ2n) is 7.68. The molecule has 0 aromatic rings. The Kier molecular flexibility index (Phi) is 13.6. The molecule has 10 heteroatoms. The Labute approximate surface area is 164 Å². The van der Waals surface area contributed by atoms with Gasteiger partial charge in [-0.05, 0) is 25.7 Å². The quantitative estimate of drug-likeness (QED) is 0.162. The minimum Gasteiger partial charge on any atom is -0.391 e. The molecule has 0 aromatic carbocycles. The van der Waals surface area contributed by atoms with E-state index in [0.29, 0.717) is 24.2 Å². The predicted molar refractivity (Wildman–Crippen MR) is 104 cm³/mol. The first-order valence-corrected chi connectivity index (χ1v) is 11.0. The zero-order valence-corrected chi connectivity index (χ0v) is 18.0. The third kappa shape index (κ3) is 14.3. The van der Waals surface area contributed by atoms with Crippen molar-refractivity contribution in [2.75, 3.05) is 86.9 Å². The maximum Gasteiger partial charge on any atom is 0.397 e. The Morgan fingerprint density at radius 2 is 1.19 bits per heavy atom. The summed E-state index contributed by atoms with van der Waals surface area (Å²) in [7, 11) is 1.35. The van der Waals surface area contributed by atoms with E-state index in [2.05, 4.69) is 11.2 Å². The molecule has 0 rings (SSSR count). The van der Waals surface area contributed by atoms with Crippen LogP contribution in [0.1, 0.15) is 25.7 Å². The fourth-order valence-electron chi connectivity index (χ4n) is 3.17. The van der Waals surface area contributed by atoms with E-state index in [-0.39, 0.29) is 19.8 Å². The largest absolute Gasteiger partial charge is 0.397 e. The number of ether oxygens (including phenoxy) is 1. The predicted octanol–water partition coefficient (Wildman–Crippen LogP) is -0.110. The number of nitrogens with zero attached hydrogens (tertiary/aromatic N) is 2. The molecule has 0 aliphatic carbocycles. The number of methoxy groups -OCH3 is 1. The number of rotatable bonds is 18. The van der Waals surface area contributed by atoms with Crippen LogP contribution in [0.15, 0.2) is 0 Å². The van der Waals surface area contributed by atoms with Gasteiger partial charge in [0.15, 0.2) is 0 Å². The summed E-state index contributed by atoms with van der Waals surface area (Å²) in [5.74, 6) is 0. The highest BCUT2D eigenvalue weighted by Gasteiger charge is 2.22. The fraction of sp³-hybridized carbons (Fsp3) is 1.00. The van der Waals surface area contributed by atoms with Crippen molar-refractivity contribution in [1.29, 1.82) is 0 Å². The maximum absolute atomic E-state index is 10.7. The first-order valence-electron chi connectivity index (χ1n) is 9.59. The van der Waals surface area contributed by atoms with Crippen molar-refractivity contribution in [3.63, 3.8) is 0 Å². The topological polar surface area (TPSA) is 113 Å². The molecule has 0 amide bonds. The van der Waals surface area contributed by atoms with Crippen LogP contribution in [0.25, 0.3) is 0 Å². The van der Waals surface area contributed by atoms with Gasteiger partial charge in [0.2, 0.25) is 0 Å². The van der Waals surface area contributed by atoms with Gasteiger partial charge in [-0.3, -0.25) is 4.55 Å². The molecule has 0 heterocycles. The van der Waals surface area contributed by atoms with Crippen LogP contribution in [0.2, 0.25) is 0 Å². The second-order valence-corrected chi connectivity index (χ2v) is 8.78. The lowest BCUT2D eigenvalue weighted by atomic mass is 10.1. The van der Waals surface area contributed by atoms with Crippen LogP contribution in [0, 0.1) is 0 Å². The summed E-state index contributed by atoms with van der Waals surface area (Å²) in [6.07, 6.45) is 4.15. The van der Waals surface area contributed by atoms with Gasteiger partial charge in [0.1, 0.15) is 32.8 Å². The average molecular weight is 417 g/mol. The highest BCUT2D eigenvalue weighted by Crippen LogP contribution is 2.11. The lowest BCUT2D eigenvalue weighted by Gasteiger charge is -2.34. The van der Waals surface area contributed by atoms with Gasteiger partial charge in [0, 0.05) is 7.11 Å². The van der Waals surface area contributed by atoms with Crippen LogP contribution in [0.4, 0.5) is 0 Å². The van der Waals surface area contributed by atoms with Gasteiger partial charge in [-0.2, -0.15) is 8.42 Å². The average Bonchev–Trinajstić information content (AvgIpc) is 2.55. The zero-order valence-electron chi connectivity index (χ0n) is 17.2. The van der Waals surface area contributed by atoms with Gasteiger partial charge >= 0.3 is 10.4 Å². The number of aliphatic hydroxyl groups excluding tert-OH is 2. The van der Waals surface area contributed by atoms with Gasteiger partial charge < -0.3 is 23.9 Å². The summed E-state index contributed by atoms with van der Waals surface area (Å²) in [5.41, 5.74) is 0. The fourth-order valence-corrected chi connectivity index (χ4v) is 3.45. The van der Waals surface area contributed by atoms with Crippen LogP contribution >= 0.6 is 0 Å². The van der Waals surface area contributed by atoms with Gasteiger partial charge in [-0.1, -0.05) is 0 Å². The van der Waals surface area contributed by atoms with Gasteiger partial charge in [0.05, 0.1) is 47.0 Å². The van der Waals surface area contributed by atoms with E-state index in [1.807, 2.05) is 7.05 Å². The van der Waals surface area contributed by atoms with Crippen LogP contribution in [-0.4, -0.2) is 119 Å². The second kappa shape index (κ2) is 13.8. The van der Waals surface area contributed by atoms with Crippen molar-refractivity contribution in [2.45, 2.75) is 25.7 Å². The van der Waals surface area contributed by atoms with Crippen LogP contribution in [0.3, 0.4) is 0 Å². The summed E-state index contributed by atoms with van der Waals surface area (Å²) in [6, 6.07) is 0. The van der Waals surface area contributed by atoms with Crippen LogP contribution in [-0.2, 0) is 19.3 Å². The zero-order chi connectivity index (χ0) is 20.8. The molecule has 3 N–H and O–H groups in total. The van der Waals surface area contributed by atoms with Crippen molar-refractivity contribution >= 4 is 10.4 Å². The minimum absolute atomic E-state index is 0.0128. The molecule has 0 saturated carbocycles. The SMILES string of the molecule is COCC[N+](C)(CCO)CCCCCC[N+](C)(CCO)CCOS(=O)(=O)O. The molecule has 0 fully saturated rings. The number of quaternary nitrogens is 2. The standard InChI is InChI=1S/C17H39N2O7S/c1-18(10-14-20,12-16-25-3)8-6-4-5-7-9-19(2,11-15-21)13-17-26-27(22,23)24/h20-21H,4-17H2,1-3H3/q+1/p+1. The van der Waals surface area contributed by atoms with Crippen molar-refractivity contribution in [3.05, 3.63) is 0 Å². The van der Waals surface area contributed by atoms with Crippen molar-refractivity contribution in [3.8, 4) is 0 Å². The Bertz CT molecular complexity index is 478. The molecule has 0 saturated heterocycles. The van der Waals surface area contributed by atoms with E-state index in [0.717, 1.165) is 56.3 Å². The highest BCUT2D eigenvalue weighted by molar-refractivity contribution is 7.80. The first kappa shape index (κ1) is 26.7. The maximum atomic E-state index is 10.7. The Morgan fingerprint density at radius 1 is 0.741 bits per heavy atom. The van der Waals surface area contributed by atoms with Crippen molar-refractivity contribution in [2.24, 2.45) is 0 Å². The van der Waals surface area contributed by atoms with Gasteiger partial charge in [0.25, 0.3) is 0 Å². The minimum atomic E-state index is -4.42. The molecule has 164 valence electrons. The molecule has 2 unspecified atom stereocenters. The van der Waals surface area contributed by atoms with E-state index in [9.17, 15) is 18.6 Å². The molecule has 27 heavy (non-hydrogen) atoms. The summed E-state index contributed by atoms with van der Waals surface area (Å²) >= 11 is 0. The number of hydrogen-bond acceptors (Lipinski definition) is 6. The molecule has 0 bridgehead atoms. The van der Waals surface area contributed by atoms with Crippen LogP contribution < -0.4 is 0 Å². The monoisotopic (exact) mass is 416 g/mol. The van der Waals surface area contributed by atoms with Crippen molar-refractivity contribution in [1.82, 2.24) is 0 Å².